The molecule has 6 nitrogen and oxygen atoms in total. The summed E-state index contributed by atoms with van der Waals surface area (Å²) < 4.78 is 18.2. The summed E-state index contributed by atoms with van der Waals surface area (Å²) in [5.74, 6) is 3.45. The zero-order chi connectivity index (χ0) is 41.7. The van der Waals surface area contributed by atoms with Crippen LogP contribution in [0, 0.1) is 18.8 Å². The summed E-state index contributed by atoms with van der Waals surface area (Å²) in [5, 5.41) is 5.75. The quantitative estimate of drug-likeness (QED) is 0.149. The summed E-state index contributed by atoms with van der Waals surface area (Å²) in [6.07, 6.45) is 1.93. The molecule has 10 aromatic rings. The van der Waals surface area contributed by atoms with Gasteiger partial charge in [0, 0.05) is 70.0 Å². The number of thiophene rings is 1. The van der Waals surface area contributed by atoms with Gasteiger partial charge in [0.1, 0.15) is 11.4 Å². The van der Waals surface area contributed by atoms with Crippen LogP contribution >= 0.6 is 11.3 Å². The summed E-state index contributed by atoms with van der Waals surface area (Å²) in [4.78, 5) is 9.43. The van der Waals surface area contributed by atoms with Crippen LogP contribution in [0.3, 0.4) is 0 Å². The molecule has 11 rings (SSSR count). The number of fused-ring (bicyclic) bond motifs is 10. The van der Waals surface area contributed by atoms with E-state index >= 15 is 0 Å². The van der Waals surface area contributed by atoms with Crippen LogP contribution in [-0.2, 0) is 26.5 Å². The van der Waals surface area contributed by atoms with Crippen LogP contribution in [0.2, 0.25) is 0 Å². The molecule has 312 valence electrons. The molecule has 0 saturated carbocycles. The fourth-order valence-corrected chi connectivity index (χ4v) is 10.1. The van der Waals surface area contributed by atoms with Gasteiger partial charge in [0.25, 0.3) is 0 Å². The second-order valence-electron chi connectivity index (χ2n) is 17.7. The van der Waals surface area contributed by atoms with E-state index in [1.54, 1.807) is 0 Å². The normalized spacial score (nSPS) is 13.1. The number of hydrogen-bond donors (Lipinski definition) is 0. The molecular weight excluding hydrogens is 964 g/mol. The average molecular weight is 1010 g/mol. The zero-order valence-electron chi connectivity index (χ0n) is 35.7. The molecule has 0 fully saturated rings. The maximum absolute atomic E-state index is 6.74. The Morgan fingerprint density at radius 3 is 2.16 bits per heavy atom. The topological polar surface area (TPSA) is 46.7 Å². The van der Waals surface area contributed by atoms with E-state index in [4.69, 9.17) is 14.1 Å². The largest absolute Gasteiger partial charge is 0.509 e. The maximum atomic E-state index is 6.74. The second-order valence-corrected chi connectivity index (χ2v) is 18.8. The van der Waals surface area contributed by atoms with Gasteiger partial charge in [0.15, 0.2) is 5.88 Å². The molecule has 0 saturated heterocycles. The number of hydrogen-bond acceptors (Lipinski definition) is 6. The van der Waals surface area contributed by atoms with E-state index in [9.17, 15) is 0 Å². The molecule has 6 aromatic carbocycles. The molecule has 62 heavy (non-hydrogen) atoms. The number of ether oxygens (including phenoxy) is 1. The van der Waals surface area contributed by atoms with Gasteiger partial charge < -0.3 is 23.5 Å². The summed E-state index contributed by atoms with van der Waals surface area (Å²) >= 11 is 1.83. The van der Waals surface area contributed by atoms with Crippen molar-refractivity contribution in [3.8, 4) is 17.3 Å². The number of nitrogens with zero attached hydrogens (tertiary/aromatic N) is 4. The van der Waals surface area contributed by atoms with Gasteiger partial charge in [-0.1, -0.05) is 109 Å². The molecule has 0 spiro atoms. The smallest absolute Gasteiger partial charge is 0.194 e. The van der Waals surface area contributed by atoms with Crippen LogP contribution in [0.4, 0.5) is 22.9 Å². The van der Waals surface area contributed by atoms with Crippen molar-refractivity contribution in [3.63, 3.8) is 0 Å². The van der Waals surface area contributed by atoms with Crippen LogP contribution < -0.4 is 14.5 Å². The van der Waals surface area contributed by atoms with Gasteiger partial charge in [-0.3, -0.25) is 0 Å². The Kier molecular flexibility index (Phi) is 9.84. The molecular formula is C54H45N4O2PtS-3. The van der Waals surface area contributed by atoms with E-state index in [2.05, 4.69) is 173 Å². The third kappa shape index (κ3) is 6.43. The predicted octanol–water partition coefficient (Wildman–Crippen LogP) is 15.6. The van der Waals surface area contributed by atoms with Gasteiger partial charge in [-0.2, -0.15) is 12.1 Å². The van der Waals surface area contributed by atoms with E-state index < -0.39 is 0 Å². The Hall–Kier alpha value is -5.88. The Bertz CT molecular complexity index is 3320. The molecule has 1 aliphatic heterocycles. The van der Waals surface area contributed by atoms with E-state index in [1.165, 1.54) is 36.9 Å². The van der Waals surface area contributed by atoms with Crippen molar-refractivity contribution in [1.29, 1.82) is 0 Å². The van der Waals surface area contributed by atoms with Crippen LogP contribution in [0.5, 0.6) is 11.5 Å². The molecule has 0 radical (unpaired) electrons. The van der Waals surface area contributed by atoms with Gasteiger partial charge in [-0.25, -0.2) is 4.98 Å². The average Bonchev–Trinajstić information content (AvgIpc) is 4.01. The zero-order valence-corrected chi connectivity index (χ0v) is 38.8. The first-order chi connectivity index (χ1) is 29.5. The fourth-order valence-electron chi connectivity index (χ4n) is 9.04. The van der Waals surface area contributed by atoms with Crippen molar-refractivity contribution < 1.29 is 30.2 Å². The van der Waals surface area contributed by atoms with Gasteiger partial charge >= 0.3 is 0 Å². The van der Waals surface area contributed by atoms with Crippen molar-refractivity contribution >= 4 is 87.2 Å². The minimum Gasteiger partial charge on any atom is -0.509 e. The number of furan rings is 1. The summed E-state index contributed by atoms with van der Waals surface area (Å²) in [6.45, 7) is 17.9. The van der Waals surface area contributed by atoms with Crippen molar-refractivity contribution in [2.75, 3.05) is 9.80 Å². The Balaban J connectivity index is 0.00000458. The van der Waals surface area contributed by atoms with Crippen molar-refractivity contribution in [3.05, 3.63) is 163 Å². The fraction of sp³-hybridized carbons (Fsp3) is 0.185. The van der Waals surface area contributed by atoms with Crippen LogP contribution in [0.25, 0.3) is 58.8 Å². The minimum atomic E-state index is -0.0540. The molecule has 0 atom stereocenters. The number of benzene rings is 6. The van der Waals surface area contributed by atoms with E-state index in [0.29, 0.717) is 23.3 Å². The number of para-hydroxylation sites is 2. The van der Waals surface area contributed by atoms with Gasteiger partial charge in [0.2, 0.25) is 0 Å². The third-order valence-corrected chi connectivity index (χ3v) is 13.2. The van der Waals surface area contributed by atoms with Crippen LogP contribution in [-0.4, -0.2) is 9.55 Å². The number of rotatable bonds is 7. The summed E-state index contributed by atoms with van der Waals surface area (Å²) in [7, 11) is 0. The molecule has 5 heterocycles. The molecule has 0 N–H and O–H groups in total. The molecule has 4 aromatic heterocycles. The molecule has 0 unspecified atom stereocenters. The molecule has 0 aliphatic carbocycles. The molecule has 0 amide bonds. The molecule has 8 heteroatoms. The first-order valence-electron chi connectivity index (χ1n) is 21.1. The van der Waals surface area contributed by atoms with Gasteiger partial charge in [-0.05, 0) is 75.7 Å². The summed E-state index contributed by atoms with van der Waals surface area (Å²) in [6, 6.07) is 50.0. The van der Waals surface area contributed by atoms with Crippen LogP contribution in [0.15, 0.2) is 132 Å². The van der Waals surface area contributed by atoms with E-state index in [1.807, 2.05) is 47.9 Å². The first kappa shape index (κ1) is 40.2. The van der Waals surface area contributed by atoms with Crippen molar-refractivity contribution in [2.45, 2.75) is 65.7 Å². The van der Waals surface area contributed by atoms with E-state index in [0.717, 1.165) is 61.5 Å². The SMILES string of the molecule is CC(C)c1cccc(C(C)C)c1N1[CH-]N(c2[c-]c(Oc3[c-]c4c(cc3)c3ccc5sc6ccccc6c5c3n4-c3cc(C(C)(C)C)ccn3)ccc2)c2c1oc1ccccc21.[Pt]. The Labute approximate surface area is 380 Å². The third-order valence-electron chi connectivity index (χ3n) is 12.0. The number of anilines is 4. The summed E-state index contributed by atoms with van der Waals surface area (Å²) in [5.41, 5.74) is 9.56. The van der Waals surface area contributed by atoms with Crippen molar-refractivity contribution in [1.82, 2.24) is 9.55 Å². The van der Waals surface area contributed by atoms with Crippen molar-refractivity contribution in [2.24, 2.45) is 0 Å². The standard InChI is InChI=1S/C54H45N4O2S.Pt/c1-32(2)38-18-13-19-39(33(3)4)50(38)57-31-56(52-42-16-8-10-20-45(42)60-53(52)57)35-14-12-15-36(29-35)59-37-22-23-40-41-24-25-47-49(43-17-9-11-21-46(43)61-47)51(41)58(44(40)30-37)48-28-34(26-27-55-48)54(5,6)7;/h8-28,31-33H,1-7H3;/q-3;. The second kappa shape index (κ2) is 15.2. The Morgan fingerprint density at radius 1 is 0.677 bits per heavy atom. The van der Waals surface area contributed by atoms with E-state index in [-0.39, 0.29) is 26.5 Å². The van der Waals surface area contributed by atoms with Gasteiger partial charge in [-0.15, -0.1) is 59.4 Å². The minimum absolute atomic E-state index is 0. The maximum Gasteiger partial charge on any atom is 0.194 e. The van der Waals surface area contributed by atoms with Crippen LogP contribution in [0.1, 0.15) is 77.0 Å². The molecule has 1 aliphatic rings. The number of pyridine rings is 1. The van der Waals surface area contributed by atoms with Gasteiger partial charge in [0.05, 0.1) is 11.2 Å². The molecule has 0 bridgehead atoms. The predicted molar refractivity (Wildman–Crippen MR) is 254 cm³/mol. The Morgan fingerprint density at radius 2 is 1.39 bits per heavy atom. The first-order valence-corrected chi connectivity index (χ1v) is 21.9. The monoisotopic (exact) mass is 1010 g/mol. The number of aromatic nitrogens is 2.